The van der Waals surface area contributed by atoms with Crippen molar-refractivity contribution in [3.63, 3.8) is 0 Å². The molecule has 0 aliphatic carbocycles. The summed E-state index contributed by atoms with van der Waals surface area (Å²) in [6.45, 7) is 2.17. The smallest absolute Gasteiger partial charge is 0.310 e. The van der Waals surface area contributed by atoms with Crippen LogP contribution in [0.25, 0.3) is 22.2 Å². The Hall–Kier alpha value is -2.95. The largest absolute Gasteiger partial charge is 0.497 e. The summed E-state index contributed by atoms with van der Waals surface area (Å²) in [5.74, 6) is 1.28. The number of fused-ring (bicyclic) bond motifs is 1. The number of aromatic amines is 1. The molecule has 5 heteroatoms. The zero-order valence-electron chi connectivity index (χ0n) is 14.6. The predicted octanol–water partition coefficient (Wildman–Crippen LogP) is 3.96. The van der Waals surface area contributed by atoms with Crippen molar-refractivity contribution in [3.8, 4) is 22.8 Å². The van der Waals surface area contributed by atoms with Gasteiger partial charge in [-0.3, -0.25) is 4.79 Å². The summed E-state index contributed by atoms with van der Waals surface area (Å²) < 4.78 is 15.7. The van der Waals surface area contributed by atoms with Crippen LogP contribution in [-0.4, -0.2) is 31.8 Å². The number of aromatic nitrogens is 1. The highest BCUT2D eigenvalue weighted by molar-refractivity contribution is 5.95. The summed E-state index contributed by atoms with van der Waals surface area (Å²) in [7, 11) is 3.26. The number of methoxy groups -OCH3 is 2. The molecule has 0 bridgehead atoms. The summed E-state index contributed by atoms with van der Waals surface area (Å²) in [4.78, 5) is 15.5. The van der Waals surface area contributed by atoms with Gasteiger partial charge in [0.15, 0.2) is 0 Å². The molecule has 0 atom stereocenters. The van der Waals surface area contributed by atoms with Gasteiger partial charge in [-0.15, -0.1) is 0 Å². The van der Waals surface area contributed by atoms with Crippen LogP contribution in [0.5, 0.6) is 11.5 Å². The van der Waals surface area contributed by atoms with E-state index in [1.807, 2.05) is 42.5 Å². The average molecular weight is 339 g/mol. The second-order valence-corrected chi connectivity index (χ2v) is 5.60. The van der Waals surface area contributed by atoms with Gasteiger partial charge in [-0.2, -0.15) is 0 Å². The number of carbonyl (C=O) groups is 1. The zero-order valence-corrected chi connectivity index (χ0v) is 14.6. The first-order valence-corrected chi connectivity index (χ1v) is 8.15. The summed E-state index contributed by atoms with van der Waals surface area (Å²) in [6.07, 6.45) is 0.197. The van der Waals surface area contributed by atoms with Crippen molar-refractivity contribution in [1.29, 1.82) is 0 Å². The van der Waals surface area contributed by atoms with Crippen LogP contribution in [0.1, 0.15) is 12.5 Å². The lowest BCUT2D eigenvalue weighted by Crippen LogP contribution is -2.08. The van der Waals surface area contributed by atoms with E-state index < -0.39 is 0 Å². The third-order valence-corrected chi connectivity index (χ3v) is 4.12. The van der Waals surface area contributed by atoms with E-state index in [1.165, 1.54) is 0 Å². The van der Waals surface area contributed by atoms with Gasteiger partial charge in [-0.25, -0.2) is 0 Å². The van der Waals surface area contributed by atoms with Crippen molar-refractivity contribution in [3.05, 3.63) is 48.0 Å². The van der Waals surface area contributed by atoms with E-state index in [0.29, 0.717) is 6.61 Å². The fraction of sp³-hybridized carbons (Fsp3) is 0.250. The minimum absolute atomic E-state index is 0.197. The maximum absolute atomic E-state index is 12.1. The molecule has 0 aliphatic heterocycles. The van der Waals surface area contributed by atoms with Crippen LogP contribution in [0.2, 0.25) is 0 Å². The first-order valence-electron chi connectivity index (χ1n) is 8.15. The number of ether oxygens (including phenoxy) is 3. The molecular weight excluding hydrogens is 318 g/mol. The van der Waals surface area contributed by atoms with Gasteiger partial charge >= 0.3 is 5.97 Å². The average Bonchev–Trinajstić information content (AvgIpc) is 2.99. The number of esters is 1. The number of hydrogen-bond acceptors (Lipinski definition) is 4. The molecule has 0 unspecified atom stereocenters. The van der Waals surface area contributed by atoms with Gasteiger partial charge in [0, 0.05) is 10.9 Å². The maximum atomic E-state index is 12.1. The third-order valence-electron chi connectivity index (χ3n) is 4.12. The zero-order chi connectivity index (χ0) is 17.8. The van der Waals surface area contributed by atoms with Gasteiger partial charge in [0.1, 0.15) is 11.5 Å². The van der Waals surface area contributed by atoms with E-state index in [0.717, 1.165) is 39.2 Å². The number of hydrogen-bond donors (Lipinski definition) is 1. The SMILES string of the molecule is CCOC(=O)Cc1c(-c2ccc(OC)cc2)[nH]c2ccc(OC)cc12. The molecule has 1 N–H and O–H groups in total. The quantitative estimate of drug-likeness (QED) is 0.691. The van der Waals surface area contributed by atoms with Crippen LogP contribution in [0.15, 0.2) is 42.5 Å². The van der Waals surface area contributed by atoms with E-state index in [4.69, 9.17) is 14.2 Å². The van der Waals surface area contributed by atoms with E-state index in [2.05, 4.69) is 4.98 Å². The lowest BCUT2D eigenvalue weighted by Gasteiger charge is -2.07. The van der Waals surface area contributed by atoms with Gasteiger partial charge in [-0.05, 0) is 60.5 Å². The summed E-state index contributed by atoms with van der Waals surface area (Å²) >= 11 is 0. The first kappa shape index (κ1) is 16.9. The Morgan fingerprint density at radius 3 is 2.32 bits per heavy atom. The van der Waals surface area contributed by atoms with E-state index in [-0.39, 0.29) is 12.4 Å². The molecule has 1 heterocycles. The molecule has 0 saturated heterocycles. The Morgan fingerprint density at radius 2 is 1.68 bits per heavy atom. The Kier molecular flexibility index (Phi) is 4.93. The summed E-state index contributed by atoms with van der Waals surface area (Å²) in [5, 5.41) is 0.957. The van der Waals surface area contributed by atoms with Crippen LogP contribution in [0.3, 0.4) is 0 Å². The Bertz CT molecular complexity index is 881. The molecular formula is C20H21NO4. The van der Waals surface area contributed by atoms with Crippen LogP contribution in [0, 0.1) is 0 Å². The van der Waals surface area contributed by atoms with Gasteiger partial charge in [0.05, 0.1) is 32.9 Å². The molecule has 0 fully saturated rings. The van der Waals surface area contributed by atoms with Gasteiger partial charge in [0.25, 0.3) is 0 Å². The monoisotopic (exact) mass is 339 g/mol. The molecule has 0 amide bonds. The second-order valence-electron chi connectivity index (χ2n) is 5.60. The van der Waals surface area contributed by atoms with Crippen molar-refractivity contribution in [2.75, 3.05) is 20.8 Å². The molecule has 130 valence electrons. The lowest BCUT2D eigenvalue weighted by atomic mass is 10.0. The molecule has 2 aromatic carbocycles. The van der Waals surface area contributed by atoms with Crippen molar-refractivity contribution in [2.45, 2.75) is 13.3 Å². The topological polar surface area (TPSA) is 60.5 Å². The van der Waals surface area contributed by atoms with E-state index in [9.17, 15) is 4.79 Å². The molecule has 3 rings (SSSR count). The van der Waals surface area contributed by atoms with Gasteiger partial charge in [0.2, 0.25) is 0 Å². The minimum Gasteiger partial charge on any atom is -0.497 e. The number of benzene rings is 2. The highest BCUT2D eigenvalue weighted by Crippen LogP contribution is 2.33. The predicted molar refractivity (Wildman–Crippen MR) is 97.2 cm³/mol. The van der Waals surface area contributed by atoms with Crippen molar-refractivity contribution < 1.29 is 19.0 Å². The molecule has 3 aromatic rings. The lowest BCUT2D eigenvalue weighted by molar-refractivity contribution is -0.142. The van der Waals surface area contributed by atoms with Crippen LogP contribution >= 0.6 is 0 Å². The number of H-pyrrole nitrogens is 1. The van der Waals surface area contributed by atoms with Crippen LogP contribution in [0.4, 0.5) is 0 Å². The normalized spacial score (nSPS) is 10.7. The molecule has 0 radical (unpaired) electrons. The van der Waals surface area contributed by atoms with Crippen molar-refractivity contribution in [2.24, 2.45) is 0 Å². The van der Waals surface area contributed by atoms with Gasteiger partial charge in [-0.1, -0.05) is 0 Å². The number of carbonyl (C=O) groups excluding carboxylic acids is 1. The van der Waals surface area contributed by atoms with Crippen LogP contribution < -0.4 is 9.47 Å². The minimum atomic E-state index is -0.249. The Morgan fingerprint density at radius 1 is 1.00 bits per heavy atom. The second kappa shape index (κ2) is 7.30. The fourth-order valence-electron chi connectivity index (χ4n) is 2.90. The molecule has 0 spiro atoms. The molecule has 1 aromatic heterocycles. The van der Waals surface area contributed by atoms with Crippen molar-refractivity contribution in [1.82, 2.24) is 4.98 Å². The Balaban J connectivity index is 2.13. The first-order chi connectivity index (χ1) is 12.2. The molecule has 0 saturated carbocycles. The highest BCUT2D eigenvalue weighted by Gasteiger charge is 2.17. The van der Waals surface area contributed by atoms with Crippen molar-refractivity contribution >= 4 is 16.9 Å². The third kappa shape index (κ3) is 3.45. The number of rotatable bonds is 6. The highest BCUT2D eigenvalue weighted by atomic mass is 16.5. The molecule has 25 heavy (non-hydrogen) atoms. The molecule has 0 aliphatic rings. The van der Waals surface area contributed by atoms with Gasteiger partial charge < -0.3 is 19.2 Å². The molecule has 5 nitrogen and oxygen atoms in total. The Labute approximate surface area is 146 Å². The van der Waals surface area contributed by atoms with Crippen LogP contribution in [-0.2, 0) is 16.0 Å². The summed E-state index contributed by atoms with van der Waals surface area (Å²) in [6, 6.07) is 13.5. The summed E-state index contributed by atoms with van der Waals surface area (Å²) in [5.41, 5.74) is 3.73. The van der Waals surface area contributed by atoms with E-state index in [1.54, 1.807) is 21.1 Å². The fourth-order valence-corrected chi connectivity index (χ4v) is 2.90. The number of nitrogens with one attached hydrogen (secondary N) is 1. The maximum Gasteiger partial charge on any atom is 0.310 e. The van der Waals surface area contributed by atoms with E-state index >= 15 is 0 Å². The standard InChI is InChI=1S/C20H21NO4/c1-4-25-19(22)12-17-16-11-15(24-3)9-10-18(16)21-20(17)13-5-7-14(23-2)8-6-13/h5-11,21H,4,12H2,1-3H3.